The minimum absolute atomic E-state index is 0.263. The molecule has 1 aliphatic heterocycles. The quantitative estimate of drug-likeness (QED) is 0.871. The van der Waals surface area contributed by atoms with Crippen molar-refractivity contribution in [1.82, 2.24) is 10.3 Å². The van der Waals surface area contributed by atoms with Crippen LogP contribution in [0.4, 0.5) is 0 Å². The van der Waals surface area contributed by atoms with Crippen molar-refractivity contribution in [3.63, 3.8) is 0 Å². The van der Waals surface area contributed by atoms with Crippen molar-refractivity contribution in [2.75, 3.05) is 6.54 Å². The predicted molar refractivity (Wildman–Crippen MR) is 66.2 cm³/mol. The van der Waals surface area contributed by atoms with Crippen molar-refractivity contribution >= 4 is 27.0 Å². The van der Waals surface area contributed by atoms with Crippen LogP contribution < -0.4 is 5.32 Å². The number of para-hydroxylation sites is 1. The molecule has 2 atom stereocenters. The summed E-state index contributed by atoms with van der Waals surface area (Å²) in [5.74, 6) is 1.40. The molecule has 3 rings (SSSR count). The van der Waals surface area contributed by atoms with Crippen LogP contribution in [0.1, 0.15) is 25.3 Å². The molecule has 16 heavy (non-hydrogen) atoms. The number of fused-ring (bicyclic) bond motifs is 1. The Balaban J connectivity index is 2.08. The Hall–Kier alpha value is -0.870. The second kappa shape index (κ2) is 3.86. The van der Waals surface area contributed by atoms with Gasteiger partial charge in [-0.05, 0) is 46.9 Å². The number of nitrogens with zero attached hydrogens (tertiary/aromatic N) is 1. The molecule has 0 aliphatic carbocycles. The first-order chi connectivity index (χ1) is 7.75. The lowest BCUT2D eigenvalue weighted by atomic mass is 10.0. The van der Waals surface area contributed by atoms with Gasteiger partial charge in [-0.3, -0.25) is 0 Å². The molecule has 4 heteroatoms. The van der Waals surface area contributed by atoms with E-state index >= 15 is 0 Å². The van der Waals surface area contributed by atoms with Crippen LogP contribution in [0.15, 0.2) is 27.1 Å². The molecule has 1 aromatic heterocycles. The average Bonchev–Trinajstić information content (AvgIpc) is 2.84. The predicted octanol–water partition coefficient (Wildman–Crippen LogP) is 3.26. The van der Waals surface area contributed by atoms with E-state index in [-0.39, 0.29) is 6.04 Å². The Morgan fingerprint density at radius 3 is 3.06 bits per heavy atom. The van der Waals surface area contributed by atoms with Crippen molar-refractivity contribution in [2.24, 2.45) is 5.92 Å². The SMILES string of the molecule is CC1CCNC1c1nc2cccc(Br)c2o1. The fourth-order valence-corrected chi connectivity index (χ4v) is 2.67. The first kappa shape index (κ1) is 10.3. The van der Waals surface area contributed by atoms with Gasteiger partial charge in [0.2, 0.25) is 5.89 Å². The van der Waals surface area contributed by atoms with Crippen LogP contribution in [-0.2, 0) is 0 Å². The van der Waals surface area contributed by atoms with Crippen LogP contribution in [0.5, 0.6) is 0 Å². The van der Waals surface area contributed by atoms with E-state index in [9.17, 15) is 0 Å². The van der Waals surface area contributed by atoms with Gasteiger partial charge in [-0.2, -0.15) is 0 Å². The zero-order valence-corrected chi connectivity index (χ0v) is 10.6. The van der Waals surface area contributed by atoms with E-state index in [1.807, 2.05) is 18.2 Å². The Labute approximate surface area is 102 Å². The van der Waals surface area contributed by atoms with Crippen LogP contribution in [-0.4, -0.2) is 11.5 Å². The van der Waals surface area contributed by atoms with Gasteiger partial charge in [0.05, 0.1) is 10.5 Å². The summed E-state index contributed by atoms with van der Waals surface area (Å²) < 4.78 is 6.80. The van der Waals surface area contributed by atoms with Crippen LogP contribution >= 0.6 is 15.9 Å². The van der Waals surface area contributed by atoms with Gasteiger partial charge in [0, 0.05) is 0 Å². The number of rotatable bonds is 1. The molecule has 0 amide bonds. The molecule has 2 aromatic rings. The standard InChI is InChI=1S/C12H13BrN2O/c1-7-5-6-14-10(7)12-15-9-4-2-3-8(13)11(9)16-12/h2-4,7,10,14H,5-6H2,1H3. The van der Waals surface area contributed by atoms with Gasteiger partial charge in [0.1, 0.15) is 5.52 Å². The molecule has 2 heterocycles. The lowest BCUT2D eigenvalue weighted by Crippen LogP contribution is -2.16. The van der Waals surface area contributed by atoms with Crippen molar-refractivity contribution in [3.05, 3.63) is 28.6 Å². The Kier molecular flexibility index (Phi) is 2.48. The van der Waals surface area contributed by atoms with Crippen LogP contribution in [0.2, 0.25) is 0 Å². The Morgan fingerprint density at radius 2 is 2.38 bits per heavy atom. The molecular weight excluding hydrogens is 268 g/mol. The summed E-state index contributed by atoms with van der Waals surface area (Å²) in [6.45, 7) is 3.28. The second-order valence-electron chi connectivity index (χ2n) is 4.34. The Morgan fingerprint density at radius 1 is 1.50 bits per heavy atom. The highest BCUT2D eigenvalue weighted by Gasteiger charge is 2.28. The molecule has 1 fully saturated rings. The van der Waals surface area contributed by atoms with Gasteiger partial charge in [0.15, 0.2) is 5.58 Å². The maximum atomic E-state index is 5.83. The average molecular weight is 281 g/mol. The molecule has 0 saturated carbocycles. The summed E-state index contributed by atoms with van der Waals surface area (Å²) in [7, 11) is 0. The fourth-order valence-electron chi connectivity index (χ4n) is 2.23. The van der Waals surface area contributed by atoms with Crippen molar-refractivity contribution in [3.8, 4) is 0 Å². The largest absolute Gasteiger partial charge is 0.438 e. The number of halogens is 1. The molecule has 3 nitrogen and oxygen atoms in total. The molecule has 84 valence electrons. The molecule has 1 aliphatic rings. The highest BCUT2D eigenvalue weighted by Crippen LogP contribution is 2.32. The maximum Gasteiger partial charge on any atom is 0.212 e. The minimum atomic E-state index is 0.263. The van der Waals surface area contributed by atoms with E-state index in [1.54, 1.807) is 0 Å². The third-order valence-corrected chi connectivity index (χ3v) is 3.81. The smallest absolute Gasteiger partial charge is 0.212 e. The van der Waals surface area contributed by atoms with E-state index in [0.717, 1.165) is 28.0 Å². The van der Waals surface area contributed by atoms with Crippen molar-refractivity contribution < 1.29 is 4.42 Å². The summed E-state index contributed by atoms with van der Waals surface area (Å²) in [6.07, 6.45) is 1.19. The highest BCUT2D eigenvalue weighted by molar-refractivity contribution is 9.10. The molecule has 0 spiro atoms. The number of benzene rings is 1. The highest BCUT2D eigenvalue weighted by atomic mass is 79.9. The van der Waals surface area contributed by atoms with Gasteiger partial charge >= 0.3 is 0 Å². The molecule has 2 unspecified atom stereocenters. The van der Waals surface area contributed by atoms with Crippen molar-refractivity contribution in [1.29, 1.82) is 0 Å². The molecule has 1 aromatic carbocycles. The first-order valence-electron chi connectivity index (χ1n) is 5.54. The maximum absolute atomic E-state index is 5.83. The van der Waals surface area contributed by atoms with Gasteiger partial charge in [0.25, 0.3) is 0 Å². The van der Waals surface area contributed by atoms with Crippen molar-refractivity contribution in [2.45, 2.75) is 19.4 Å². The normalized spacial score (nSPS) is 25.4. The lowest BCUT2D eigenvalue weighted by Gasteiger charge is -2.10. The molecule has 0 radical (unpaired) electrons. The van der Waals surface area contributed by atoms with E-state index < -0.39 is 0 Å². The molecule has 1 N–H and O–H groups in total. The number of hydrogen-bond donors (Lipinski definition) is 1. The third kappa shape index (κ3) is 1.57. The fraction of sp³-hybridized carbons (Fsp3) is 0.417. The molecule has 0 bridgehead atoms. The summed E-state index contributed by atoms with van der Waals surface area (Å²) in [5, 5.41) is 3.43. The van der Waals surface area contributed by atoms with E-state index in [0.29, 0.717) is 5.92 Å². The van der Waals surface area contributed by atoms with E-state index in [1.165, 1.54) is 6.42 Å². The monoisotopic (exact) mass is 280 g/mol. The lowest BCUT2D eigenvalue weighted by molar-refractivity contribution is 0.393. The van der Waals surface area contributed by atoms with Gasteiger partial charge in [-0.25, -0.2) is 4.98 Å². The Bertz CT molecular complexity index is 523. The van der Waals surface area contributed by atoms with Crippen LogP contribution in [0.25, 0.3) is 11.1 Å². The van der Waals surface area contributed by atoms with E-state index in [2.05, 4.69) is 33.2 Å². The second-order valence-corrected chi connectivity index (χ2v) is 5.19. The molecular formula is C12H13BrN2O. The zero-order chi connectivity index (χ0) is 11.1. The summed E-state index contributed by atoms with van der Waals surface area (Å²) in [4.78, 5) is 4.55. The first-order valence-corrected chi connectivity index (χ1v) is 6.33. The summed E-state index contributed by atoms with van der Waals surface area (Å²) >= 11 is 3.48. The number of oxazole rings is 1. The topological polar surface area (TPSA) is 38.1 Å². The zero-order valence-electron chi connectivity index (χ0n) is 9.03. The minimum Gasteiger partial charge on any atom is -0.438 e. The van der Waals surface area contributed by atoms with Gasteiger partial charge in [-0.1, -0.05) is 13.0 Å². The van der Waals surface area contributed by atoms with Gasteiger partial charge in [-0.15, -0.1) is 0 Å². The summed E-state index contributed by atoms with van der Waals surface area (Å²) in [5.41, 5.74) is 1.77. The van der Waals surface area contributed by atoms with Crippen LogP contribution in [0, 0.1) is 5.92 Å². The molecule has 1 saturated heterocycles. The number of hydrogen-bond acceptors (Lipinski definition) is 3. The van der Waals surface area contributed by atoms with Gasteiger partial charge < -0.3 is 9.73 Å². The third-order valence-electron chi connectivity index (χ3n) is 3.18. The number of nitrogens with one attached hydrogen (secondary N) is 1. The number of aromatic nitrogens is 1. The van der Waals surface area contributed by atoms with E-state index in [4.69, 9.17) is 4.42 Å². The van der Waals surface area contributed by atoms with Crippen LogP contribution in [0.3, 0.4) is 0 Å². The summed E-state index contributed by atoms with van der Waals surface area (Å²) in [6, 6.07) is 6.19.